The molecule has 1 amide bonds. The molecule has 3 rings (SSSR count). The molecule has 1 aliphatic heterocycles. The molecule has 0 aliphatic carbocycles. The molecule has 5 heteroatoms. The fourth-order valence-electron chi connectivity index (χ4n) is 2.58. The summed E-state index contributed by atoms with van der Waals surface area (Å²) in [6, 6.07) is 5.80. The van der Waals surface area contributed by atoms with Gasteiger partial charge in [0.2, 0.25) is 5.91 Å². The number of pyridine rings is 1. The van der Waals surface area contributed by atoms with Gasteiger partial charge in [0.25, 0.3) is 0 Å². The molecule has 0 atom stereocenters. The summed E-state index contributed by atoms with van der Waals surface area (Å²) in [4.78, 5) is 24.3. The van der Waals surface area contributed by atoms with Crippen LogP contribution in [0.4, 0.5) is 0 Å². The van der Waals surface area contributed by atoms with Crippen molar-refractivity contribution < 1.29 is 4.79 Å². The van der Waals surface area contributed by atoms with Crippen LogP contribution in [0.15, 0.2) is 24.4 Å². The van der Waals surface area contributed by atoms with Crippen molar-refractivity contribution >= 4 is 17.2 Å². The standard InChI is InChI=1S/C16H19N3OS/c1-12-14(11-15(20)19-9-5-2-6-10-19)21-16(18-12)13-7-3-4-8-17-13/h3-4,7-8H,2,5-6,9-11H2,1H3. The predicted molar refractivity (Wildman–Crippen MR) is 84.2 cm³/mol. The van der Waals surface area contributed by atoms with Crippen molar-refractivity contribution in [2.24, 2.45) is 0 Å². The molecule has 4 nitrogen and oxygen atoms in total. The second-order valence-electron chi connectivity index (χ2n) is 5.36. The lowest BCUT2D eigenvalue weighted by Crippen LogP contribution is -2.36. The Bertz CT molecular complexity index is 618. The Morgan fingerprint density at radius 3 is 2.81 bits per heavy atom. The second kappa shape index (κ2) is 6.35. The SMILES string of the molecule is Cc1nc(-c2ccccn2)sc1CC(=O)N1CCCCC1. The van der Waals surface area contributed by atoms with Gasteiger partial charge in [-0.15, -0.1) is 11.3 Å². The van der Waals surface area contributed by atoms with Crippen LogP contribution in [0.1, 0.15) is 29.8 Å². The van der Waals surface area contributed by atoms with E-state index in [0.717, 1.165) is 47.2 Å². The number of likely N-dealkylation sites (tertiary alicyclic amines) is 1. The molecule has 0 bridgehead atoms. The first-order valence-corrected chi connectivity index (χ1v) is 8.21. The number of aryl methyl sites for hydroxylation is 1. The third kappa shape index (κ3) is 3.29. The van der Waals surface area contributed by atoms with Crippen LogP contribution >= 0.6 is 11.3 Å². The topological polar surface area (TPSA) is 46.1 Å². The van der Waals surface area contributed by atoms with Crippen molar-refractivity contribution in [2.45, 2.75) is 32.6 Å². The molecule has 2 aromatic heterocycles. The number of hydrogen-bond donors (Lipinski definition) is 0. The van der Waals surface area contributed by atoms with Crippen molar-refractivity contribution in [3.8, 4) is 10.7 Å². The lowest BCUT2D eigenvalue weighted by molar-refractivity contribution is -0.131. The van der Waals surface area contributed by atoms with E-state index < -0.39 is 0 Å². The number of aromatic nitrogens is 2. The van der Waals surface area contributed by atoms with Crippen LogP contribution in [0.2, 0.25) is 0 Å². The van der Waals surface area contributed by atoms with E-state index in [2.05, 4.69) is 9.97 Å². The van der Waals surface area contributed by atoms with Gasteiger partial charge in [-0.25, -0.2) is 4.98 Å². The summed E-state index contributed by atoms with van der Waals surface area (Å²) in [5.41, 5.74) is 1.83. The smallest absolute Gasteiger partial charge is 0.227 e. The maximum Gasteiger partial charge on any atom is 0.227 e. The van der Waals surface area contributed by atoms with Gasteiger partial charge in [-0.2, -0.15) is 0 Å². The summed E-state index contributed by atoms with van der Waals surface area (Å²) in [7, 11) is 0. The summed E-state index contributed by atoms with van der Waals surface area (Å²) in [6.45, 7) is 3.79. The van der Waals surface area contributed by atoms with Crippen molar-refractivity contribution in [3.63, 3.8) is 0 Å². The average Bonchev–Trinajstić information content (AvgIpc) is 2.90. The van der Waals surface area contributed by atoms with Gasteiger partial charge in [0, 0.05) is 24.2 Å². The molecule has 0 spiro atoms. The molecule has 0 aromatic carbocycles. The summed E-state index contributed by atoms with van der Waals surface area (Å²) >= 11 is 1.58. The van der Waals surface area contributed by atoms with Gasteiger partial charge in [-0.3, -0.25) is 9.78 Å². The molecular weight excluding hydrogens is 282 g/mol. The van der Waals surface area contributed by atoms with E-state index in [1.54, 1.807) is 17.5 Å². The number of rotatable bonds is 3. The van der Waals surface area contributed by atoms with Gasteiger partial charge in [0.15, 0.2) is 0 Å². The Balaban J connectivity index is 1.74. The molecule has 0 saturated carbocycles. The first-order valence-electron chi connectivity index (χ1n) is 7.39. The monoisotopic (exact) mass is 301 g/mol. The fourth-order valence-corrected chi connectivity index (χ4v) is 3.61. The summed E-state index contributed by atoms with van der Waals surface area (Å²) in [5.74, 6) is 0.231. The van der Waals surface area contributed by atoms with Gasteiger partial charge in [-0.1, -0.05) is 6.07 Å². The summed E-state index contributed by atoms with van der Waals surface area (Å²) in [5, 5.41) is 0.898. The van der Waals surface area contributed by atoms with Crippen LogP contribution in [0.3, 0.4) is 0 Å². The number of carbonyl (C=O) groups excluding carboxylic acids is 1. The zero-order chi connectivity index (χ0) is 14.7. The Morgan fingerprint density at radius 2 is 2.10 bits per heavy atom. The molecule has 0 unspecified atom stereocenters. The molecule has 1 saturated heterocycles. The molecule has 21 heavy (non-hydrogen) atoms. The largest absolute Gasteiger partial charge is 0.342 e. The maximum atomic E-state index is 12.4. The third-order valence-corrected chi connectivity index (χ3v) is 4.98. The van der Waals surface area contributed by atoms with Crippen LogP contribution in [0.25, 0.3) is 10.7 Å². The number of hydrogen-bond acceptors (Lipinski definition) is 4. The minimum atomic E-state index is 0.231. The van der Waals surface area contributed by atoms with Gasteiger partial charge in [-0.05, 0) is 38.3 Å². The maximum absolute atomic E-state index is 12.4. The van der Waals surface area contributed by atoms with E-state index in [4.69, 9.17) is 0 Å². The highest BCUT2D eigenvalue weighted by atomic mass is 32.1. The molecule has 0 N–H and O–H groups in total. The van der Waals surface area contributed by atoms with Crippen molar-refractivity contribution in [1.82, 2.24) is 14.9 Å². The highest BCUT2D eigenvalue weighted by Gasteiger charge is 2.19. The molecule has 2 aromatic rings. The van der Waals surface area contributed by atoms with Crippen LogP contribution in [0.5, 0.6) is 0 Å². The van der Waals surface area contributed by atoms with Gasteiger partial charge < -0.3 is 4.90 Å². The van der Waals surface area contributed by atoms with E-state index in [-0.39, 0.29) is 5.91 Å². The van der Waals surface area contributed by atoms with Gasteiger partial charge in [0.05, 0.1) is 17.8 Å². The second-order valence-corrected chi connectivity index (χ2v) is 6.44. The molecule has 3 heterocycles. The molecular formula is C16H19N3OS. The van der Waals surface area contributed by atoms with Crippen molar-refractivity contribution in [1.29, 1.82) is 0 Å². The van der Waals surface area contributed by atoms with Crippen LogP contribution in [-0.2, 0) is 11.2 Å². The highest BCUT2D eigenvalue weighted by Crippen LogP contribution is 2.27. The van der Waals surface area contributed by atoms with E-state index >= 15 is 0 Å². The Kier molecular flexibility index (Phi) is 4.29. The summed E-state index contributed by atoms with van der Waals surface area (Å²) < 4.78 is 0. The lowest BCUT2D eigenvalue weighted by atomic mass is 10.1. The fraction of sp³-hybridized carbons (Fsp3) is 0.438. The number of piperidine rings is 1. The Morgan fingerprint density at radius 1 is 1.29 bits per heavy atom. The first kappa shape index (κ1) is 14.2. The number of amides is 1. The normalized spacial score (nSPS) is 15.2. The zero-order valence-corrected chi connectivity index (χ0v) is 13.0. The Hall–Kier alpha value is -1.75. The number of nitrogens with zero attached hydrogens (tertiary/aromatic N) is 3. The number of thiazole rings is 1. The Labute approximate surface area is 128 Å². The van der Waals surface area contributed by atoms with E-state index in [1.165, 1.54) is 6.42 Å². The first-order chi connectivity index (χ1) is 10.2. The lowest BCUT2D eigenvalue weighted by Gasteiger charge is -2.26. The van der Waals surface area contributed by atoms with Crippen molar-refractivity contribution in [3.05, 3.63) is 35.0 Å². The quantitative estimate of drug-likeness (QED) is 0.875. The van der Waals surface area contributed by atoms with Gasteiger partial charge >= 0.3 is 0 Å². The van der Waals surface area contributed by atoms with E-state index in [1.807, 2.05) is 30.0 Å². The van der Waals surface area contributed by atoms with E-state index in [0.29, 0.717) is 6.42 Å². The zero-order valence-electron chi connectivity index (χ0n) is 12.2. The van der Waals surface area contributed by atoms with Crippen LogP contribution in [-0.4, -0.2) is 33.9 Å². The van der Waals surface area contributed by atoms with Crippen molar-refractivity contribution in [2.75, 3.05) is 13.1 Å². The molecule has 1 fully saturated rings. The predicted octanol–water partition coefficient (Wildman–Crippen LogP) is 3.07. The highest BCUT2D eigenvalue weighted by molar-refractivity contribution is 7.15. The summed E-state index contributed by atoms with van der Waals surface area (Å²) in [6.07, 6.45) is 5.74. The molecule has 0 radical (unpaired) electrons. The van der Waals surface area contributed by atoms with Crippen LogP contribution < -0.4 is 0 Å². The minimum absolute atomic E-state index is 0.231. The van der Waals surface area contributed by atoms with Gasteiger partial charge in [0.1, 0.15) is 5.01 Å². The van der Waals surface area contributed by atoms with Crippen LogP contribution in [0, 0.1) is 6.92 Å². The average molecular weight is 301 g/mol. The van der Waals surface area contributed by atoms with E-state index in [9.17, 15) is 4.79 Å². The molecule has 110 valence electrons. The third-order valence-electron chi connectivity index (χ3n) is 3.80. The molecule has 1 aliphatic rings. The number of carbonyl (C=O) groups is 1. The minimum Gasteiger partial charge on any atom is -0.342 e.